The molecule has 0 radical (unpaired) electrons. The molecule has 1 aromatic heterocycles. The van der Waals surface area contributed by atoms with Crippen molar-refractivity contribution in [2.24, 2.45) is 0 Å². The topological polar surface area (TPSA) is 28.4 Å². The van der Waals surface area contributed by atoms with E-state index in [4.69, 9.17) is 4.42 Å². The van der Waals surface area contributed by atoms with Crippen molar-refractivity contribution in [2.75, 3.05) is 19.6 Å². The molecule has 0 bridgehead atoms. The number of hydrogen-bond donors (Lipinski definition) is 1. The largest absolute Gasteiger partial charge is 0.465 e. The van der Waals surface area contributed by atoms with Gasteiger partial charge < -0.3 is 9.73 Å². The van der Waals surface area contributed by atoms with Gasteiger partial charge in [-0.2, -0.15) is 0 Å². The maximum atomic E-state index is 5.66. The predicted molar refractivity (Wildman–Crippen MR) is 70.0 cm³/mol. The van der Waals surface area contributed by atoms with Crippen molar-refractivity contribution in [3.63, 3.8) is 0 Å². The summed E-state index contributed by atoms with van der Waals surface area (Å²) in [5.74, 6) is 2.10. The molecule has 1 aliphatic rings. The van der Waals surface area contributed by atoms with Crippen LogP contribution in [0.4, 0.5) is 0 Å². The lowest BCUT2D eigenvalue weighted by Gasteiger charge is -2.42. The van der Waals surface area contributed by atoms with E-state index in [1.807, 2.05) is 13.0 Å². The van der Waals surface area contributed by atoms with E-state index in [0.717, 1.165) is 37.7 Å². The minimum atomic E-state index is 0.305. The summed E-state index contributed by atoms with van der Waals surface area (Å²) >= 11 is 0. The zero-order valence-electron chi connectivity index (χ0n) is 11.3. The van der Waals surface area contributed by atoms with Gasteiger partial charge in [-0.3, -0.25) is 4.90 Å². The normalized spacial score (nSPS) is 20.6. The van der Waals surface area contributed by atoms with Crippen LogP contribution in [0.2, 0.25) is 0 Å². The minimum Gasteiger partial charge on any atom is -0.465 e. The summed E-state index contributed by atoms with van der Waals surface area (Å²) in [7, 11) is 0. The van der Waals surface area contributed by atoms with Gasteiger partial charge in [0.15, 0.2) is 0 Å². The fraction of sp³-hybridized carbons (Fsp3) is 0.714. The maximum absolute atomic E-state index is 5.66. The number of nitrogens with zero attached hydrogens (tertiary/aromatic N) is 1. The molecule has 0 aliphatic carbocycles. The van der Waals surface area contributed by atoms with Crippen LogP contribution >= 0.6 is 0 Å². The third-order valence-corrected chi connectivity index (χ3v) is 3.98. The summed E-state index contributed by atoms with van der Waals surface area (Å²) in [6, 6.07) is 4.14. The summed E-state index contributed by atoms with van der Waals surface area (Å²) in [6.45, 7) is 10.8. The van der Waals surface area contributed by atoms with Crippen molar-refractivity contribution in [1.29, 1.82) is 0 Å². The monoisotopic (exact) mass is 236 g/mol. The third-order valence-electron chi connectivity index (χ3n) is 3.98. The first-order valence-electron chi connectivity index (χ1n) is 6.70. The third kappa shape index (κ3) is 2.90. The van der Waals surface area contributed by atoms with E-state index in [9.17, 15) is 0 Å². The highest BCUT2D eigenvalue weighted by molar-refractivity contribution is 5.06. The fourth-order valence-corrected chi connectivity index (χ4v) is 2.69. The molecular weight excluding hydrogens is 212 g/mol. The summed E-state index contributed by atoms with van der Waals surface area (Å²) in [4.78, 5) is 2.50. The molecule has 0 atom stereocenters. The molecule has 0 aromatic carbocycles. The number of furan rings is 1. The van der Waals surface area contributed by atoms with E-state index in [0.29, 0.717) is 5.54 Å². The van der Waals surface area contributed by atoms with Crippen molar-refractivity contribution in [1.82, 2.24) is 10.2 Å². The molecule has 1 N–H and O–H groups in total. The van der Waals surface area contributed by atoms with Crippen LogP contribution < -0.4 is 5.32 Å². The highest BCUT2D eigenvalue weighted by atomic mass is 16.3. The van der Waals surface area contributed by atoms with E-state index in [2.05, 4.69) is 30.1 Å². The molecule has 2 rings (SSSR count). The van der Waals surface area contributed by atoms with E-state index >= 15 is 0 Å². The Morgan fingerprint density at radius 1 is 1.35 bits per heavy atom. The number of piperazine rings is 1. The van der Waals surface area contributed by atoms with Gasteiger partial charge >= 0.3 is 0 Å². The fourth-order valence-electron chi connectivity index (χ4n) is 2.69. The van der Waals surface area contributed by atoms with Gasteiger partial charge in [0.05, 0.1) is 6.54 Å². The average molecular weight is 236 g/mol. The molecule has 2 heterocycles. The van der Waals surface area contributed by atoms with Crippen LogP contribution in [0.25, 0.3) is 0 Å². The van der Waals surface area contributed by atoms with Crippen molar-refractivity contribution in [3.05, 3.63) is 23.7 Å². The quantitative estimate of drug-likeness (QED) is 0.871. The first-order valence-corrected chi connectivity index (χ1v) is 6.70. The summed E-state index contributed by atoms with van der Waals surface area (Å²) < 4.78 is 5.66. The minimum absolute atomic E-state index is 0.305. The average Bonchev–Trinajstić information content (AvgIpc) is 2.75. The molecule has 0 amide bonds. The van der Waals surface area contributed by atoms with Crippen LogP contribution in [0, 0.1) is 6.92 Å². The highest BCUT2D eigenvalue weighted by Gasteiger charge is 2.31. The molecule has 17 heavy (non-hydrogen) atoms. The Bertz CT molecular complexity index is 355. The molecule has 1 aromatic rings. The molecular formula is C14H24N2O. The maximum Gasteiger partial charge on any atom is 0.118 e. The number of nitrogens with one attached hydrogen (secondary N) is 1. The van der Waals surface area contributed by atoms with E-state index in [1.54, 1.807) is 0 Å². The molecule has 3 nitrogen and oxygen atoms in total. The second-order valence-electron chi connectivity index (χ2n) is 5.14. The summed E-state index contributed by atoms with van der Waals surface area (Å²) in [5, 5.41) is 3.68. The molecule has 0 unspecified atom stereocenters. The predicted octanol–water partition coefficient (Wildman–Crippen LogP) is 2.55. The van der Waals surface area contributed by atoms with Crippen molar-refractivity contribution >= 4 is 0 Å². The Morgan fingerprint density at radius 2 is 2.12 bits per heavy atom. The lowest BCUT2D eigenvalue weighted by Crippen LogP contribution is -2.59. The first kappa shape index (κ1) is 12.7. The number of rotatable bonds is 4. The second-order valence-corrected chi connectivity index (χ2v) is 5.14. The van der Waals surface area contributed by atoms with Gasteiger partial charge in [-0.15, -0.1) is 0 Å². The lowest BCUT2D eigenvalue weighted by molar-refractivity contribution is 0.111. The summed E-state index contributed by atoms with van der Waals surface area (Å²) in [5.41, 5.74) is 0.305. The van der Waals surface area contributed by atoms with Gasteiger partial charge in [0.2, 0.25) is 0 Å². The molecule has 1 aliphatic heterocycles. The number of hydrogen-bond acceptors (Lipinski definition) is 3. The van der Waals surface area contributed by atoms with Crippen molar-refractivity contribution in [3.8, 4) is 0 Å². The summed E-state index contributed by atoms with van der Waals surface area (Å²) in [6.07, 6.45) is 2.38. The molecule has 0 saturated carbocycles. The first-order chi connectivity index (χ1) is 8.17. The van der Waals surface area contributed by atoms with Crippen LogP contribution in [-0.2, 0) is 6.54 Å². The molecule has 0 spiro atoms. The highest BCUT2D eigenvalue weighted by Crippen LogP contribution is 2.21. The Hall–Kier alpha value is -0.800. The van der Waals surface area contributed by atoms with Crippen molar-refractivity contribution < 1.29 is 4.42 Å². The van der Waals surface area contributed by atoms with Gasteiger partial charge in [0, 0.05) is 25.2 Å². The van der Waals surface area contributed by atoms with Crippen LogP contribution in [0.1, 0.15) is 38.2 Å². The van der Waals surface area contributed by atoms with E-state index < -0.39 is 0 Å². The second kappa shape index (κ2) is 5.23. The standard InChI is InChI=1S/C14H24N2O/c1-4-14(5-2)11-16(9-8-15-14)10-13-7-6-12(3)17-13/h6-7,15H,4-5,8-11H2,1-3H3. The van der Waals surface area contributed by atoms with E-state index in [1.165, 1.54) is 12.8 Å². The van der Waals surface area contributed by atoms with Gasteiger partial charge in [0.1, 0.15) is 11.5 Å². The lowest BCUT2D eigenvalue weighted by atomic mass is 9.90. The zero-order valence-corrected chi connectivity index (χ0v) is 11.3. The molecule has 96 valence electrons. The van der Waals surface area contributed by atoms with Crippen LogP contribution in [0.5, 0.6) is 0 Å². The molecule has 3 heteroatoms. The van der Waals surface area contributed by atoms with Gasteiger partial charge in [-0.1, -0.05) is 13.8 Å². The Balaban J connectivity index is 1.98. The van der Waals surface area contributed by atoms with Crippen molar-refractivity contribution in [2.45, 2.75) is 45.7 Å². The molecule has 1 fully saturated rings. The Labute approximate surface area is 104 Å². The Morgan fingerprint density at radius 3 is 2.71 bits per heavy atom. The zero-order chi connectivity index (χ0) is 12.3. The smallest absolute Gasteiger partial charge is 0.118 e. The van der Waals surface area contributed by atoms with Crippen LogP contribution in [0.15, 0.2) is 16.5 Å². The van der Waals surface area contributed by atoms with E-state index in [-0.39, 0.29) is 0 Å². The molecule has 1 saturated heterocycles. The van der Waals surface area contributed by atoms with Gasteiger partial charge in [-0.05, 0) is 31.9 Å². The SMILES string of the molecule is CCC1(CC)CN(Cc2ccc(C)o2)CCN1. The van der Waals surface area contributed by atoms with Gasteiger partial charge in [-0.25, -0.2) is 0 Å². The number of aryl methyl sites for hydroxylation is 1. The van der Waals surface area contributed by atoms with Crippen LogP contribution in [0.3, 0.4) is 0 Å². The Kier molecular flexibility index (Phi) is 3.89. The van der Waals surface area contributed by atoms with Gasteiger partial charge in [0.25, 0.3) is 0 Å². The van der Waals surface area contributed by atoms with Crippen LogP contribution in [-0.4, -0.2) is 30.1 Å².